The lowest BCUT2D eigenvalue weighted by Gasteiger charge is -2.22. The summed E-state index contributed by atoms with van der Waals surface area (Å²) in [6.45, 7) is 1.80. The first-order valence-electron chi connectivity index (χ1n) is 6.78. The fourth-order valence-electron chi connectivity index (χ4n) is 2.21. The number of thiazole rings is 1. The Kier molecular flexibility index (Phi) is 3.82. The van der Waals surface area contributed by atoms with E-state index in [0.29, 0.717) is 6.42 Å². The molecule has 106 valence electrons. The topological polar surface area (TPSA) is 46.0 Å². The van der Waals surface area contributed by atoms with Crippen LogP contribution in [0.2, 0.25) is 0 Å². The summed E-state index contributed by atoms with van der Waals surface area (Å²) in [5, 5.41) is 13.6. The molecular formula is C17H16N2OS. The normalized spacial score (nSPS) is 13.8. The zero-order chi connectivity index (χ0) is 14.7. The van der Waals surface area contributed by atoms with Crippen LogP contribution in [0.15, 0.2) is 60.2 Å². The minimum atomic E-state index is -0.958. The third-order valence-corrected chi connectivity index (χ3v) is 4.25. The molecule has 0 saturated heterocycles. The monoisotopic (exact) mass is 296 g/mol. The van der Waals surface area contributed by atoms with E-state index in [4.69, 9.17) is 0 Å². The van der Waals surface area contributed by atoms with Crippen LogP contribution >= 0.6 is 11.3 Å². The molecule has 3 aromatic rings. The molecular weight excluding hydrogens is 280 g/mol. The number of hydrogen-bond donors (Lipinski definition) is 1. The molecule has 0 aliphatic carbocycles. The van der Waals surface area contributed by atoms with Crippen molar-refractivity contribution in [3.63, 3.8) is 0 Å². The molecule has 0 fully saturated rings. The van der Waals surface area contributed by atoms with Gasteiger partial charge in [0.15, 0.2) is 0 Å². The second-order valence-electron chi connectivity index (χ2n) is 5.18. The van der Waals surface area contributed by atoms with Crippen LogP contribution in [0.3, 0.4) is 0 Å². The molecule has 2 heterocycles. The van der Waals surface area contributed by atoms with E-state index in [1.807, 2.05) is 47.8 Å². The average Bonchev–Trinajstić information content (AvgIpc) is 2.97. The summed E-state index contributed by atoms with van der Waals surface area (Å²) in [4.78, 5) is 8.70. The maximum Gasteiger partial charge on any atom is 0.0964 e. The molecule has 4 heteroatoms. The Bertz CT molecular complexity index is 708. The molecule has 0 aliphatic rings. The lowest BCUT2D eigenvalue weighted by atomic mass is 9.94. The van der Waals surface area contributed by atoms with E-state index in [9.17, 15) is 5.11 Å². The summed E-state index contributed by atoms with van der Waals surface area (Å²) in [6.07, 6.45) is 3.89. The fourth-order valence-corrected chi connectivity index (χ4v) is 3.16. The maximum absolute atomic E-state index is 10.6. The van der Waals surface area contributed by atoms with E-state index in [1.54, 1.807) is 30.7 Å². The van der Waals surface area contributed by atoms with Gasteiger partial charge in [0.2, 0.25) is 0 Å². The molecule has 0 saturated carbocycles. The maximum atomic E-state index is 10.6. The predicted octanol–water partition coefficient (Wildman–Crippen LogP) is 3.66. The Morgan fingerprint density at radius 3 is 2.67 bits per heavy atom. The molecule has 0 amide bonds. The predicted molar refractivity (Wildman–Crippen MR) is 85.1 cm³/mol. The van der Waals surface area contributed by atoms with Crippen LogP contribution in [0.1, 0.15) is 17.5 Å². The third kappa shape index (κ3) is 3.17. The van der Waals surface area contributed by atoms with Crippen LogP contribution in [-0.2, 0) is 12.0 Å². The van der Waals surface area contributed by atoms with E-state index in [0.717, 1.165) is 21.8 Å². The highest BCUT2D eigenvalue weighted by atomic mass is 32.1. The molecule has 21 heavy (non-hydrogen) atoms. The van der Waals surface area contributed by atoms with Gasteiger partial charge in [0.25, 0.3) is 0 Å². The van der Waals surface area contributed by atoms with Crippen LogP contribution in [0.25, 0.3) is 11.3 Å². The van der Waals surface area contributed by atoms with Crippen molar-refractivity contribution in [2.75, 3.05) is 0 Å². The van der Waals surface area contributed by atoms with Crippen molar-refractivity contribution in [3.8, 4) is 11.3 Å². The largest absolute Gasteiger partial charge is 0.385 e. The zero-order valence-electron chi connectivity index (χ0n) is 11.7. The smallest absolute Gasteiger partial charge is 0.0964 e. The number of nitrogens with zero attached hydrogens (tertiary/aromatic N) is 2. The lowest BCUT2D eigenvalue weighted by Crippen LogP contribution is -2.24. The van der Waals surface area contributed by atoms with Gasteiger partial charge < -0.3 is 5.11 Å². The van der Waals surface area contributed by atoms with Gasteiger partial charge in [-0.25, -0.2) is 4.98 Å². The molecule has 0 aliphatic heterocycles. The van der Waals surface area contributed by atoms with E-state index in [1.165, 1.54) is 0 Å². The molecule has 2 aromatic heterocycles. The highest BCUT2D eigenvalue weighted by Crippen LogP contribution is 2.28. The van der Waals surface area contributed by atoms with Crippen LogP contribution in [-0.4, -0.2) is 15.1 Å². The van der Waals surface area contributed by atoms with Crippen molar-refractivity contribution in [2.45, 2.75) is 18.9 Å². The summed E-state index contributed by atoms with van der Waals surface area (Å²) in [5.41, 5.74) is 1.90. The van der Waals surface area contributed by atoms with E-state index in [2.05, 4.69) is 9.97 Å². The Morgan fingerprint density at radius 2 is 1.95 bits per heavy atom. The Balaban J connectivity index is 1.82. The minimum Gasteiger partial charge on any atom is -0.385 e. The highest BCUT2D eigenvalue weighted by molar-refractivity contribution is 7.09. The summed E-state index contributed by atoms with van der Waals surface area (Å²) in [5.74, 6) is 0. The average molecular weight is 296 g/mol. The second-order valence-corrected chi connectivity index (χ2v) is 6.13. The first-order valence-corrected chi connectivity index (χ1v) is 7.66. The van der Waals surface area contributed by atoms with Crippen molar-refractivity contribution >= 4 is 11.3 Å². The van der Waals surface area contributed by atoms with Crippen LogP contribution in [0.4, 0.5) is 0 Å². The van der Waals surface area contributed by atoms with Gasteiger partial charge in [-0.05, 0) is 13.0 Å². The summed E-state index contributed by atoms with van der Waals surface area (Å²) in [6, 6.07) is 13.8. The standard InChI is InChI=1S/C17H16N2OS/c1-17(20,14-8-5-9-18-11-14)10-16-19-15(12-21-16)13-6-3-2-4-7-13/h2-9,11-12,20H,10H2,1H3. The van der Waals surface area contributed by atoms with Crippen molar-refractivity contribution in [1.82, 2.24) is 9.97 Å². The minimum absolute atomic E-state index is 0.482. The number of benzene rings is 1. The number of rotatable bonds is 4. The van der Waals surface area contributed by atoms with Gasteiger partial charge in [-0.1, -0.05) is 36.4 Å². The molecule has 1 N–H and O–H groups in total. The summed E-state index contributed by atoms with van der Waals surface area (Å²) in [7, 11) is 0. The fraction of sp³-hybridized carbons (Fsp3) is 0.176. The number of pyridine rings is 1. The molecule has 3 rings (SSSR count). The van der Waals surface area contributed by atoms with Gasteiger partial charge in [-0.2, -0.15) is 0 Å². The Hall–Kier alpha value is -2.04. The van der Waals surface area contributed by atoms with Crippen LogP contribution < -0.4 is 0 Å². The number of hydrogen-bond acceptors (Lipinski definition) is 4. The van der Waals surface area contributed by atoms with Gasteiger partial charge in [0.05, 0.1) is 16.3 Å². The molecule has 1 atom stereocenters. The first kappa shape index (κ1) is 13.9. The van der Waals surface area contributed by atoms with Gasteiger partial charge in [-0.15, -0.1) is 11.3 Å². The van der Waals surface area contributed by atoms with Gasteiger partial charge in [-0.3, -0.25) is 4.98 Å². The van der Waals surface area contributed by atoms with Crippen LogP contribution in [0.5, 0.6) is 0 Å². The first-order chi connectivity index (χ1) is 10.1. The third-order valence-electron chi connectivity index (χ3n) is 3.40. The zero-order valence-corrected chi connectivity index (χ0v) is 12.5. The number of aromatic nitrogens is 2. The molecule has 0 bridgehead atoms. The quantitative estimate of drug-likeness (QED) is 0.799. The van der Waals surface area contributed by atoms with Crippen molar-refractivity contribution in [3.05, 3.63) is 70.8 Å². The van der Waals surface area contributed by atoms with Crippen molar-refractivity contribution in [1.29, 1.82) is 0 Å². The van der Waals surface area contributed by atoms with Crippen molar-refractivity contribution < 1.29 is 5.11 Å². The molecule has 1 aromatic carbocycles. The van der Waals surface area contributed by atoms with Crippen LogP contribution in [0, 0.1) is 0 Å². The van der Waals surface area contributed by atoms with Gasteiger partial charge >= 0.3 is 0 Å². The Labute approximate surface area is 128 Å². The highest BCUT2D eigenvalue weighted by Gasteiger charge is 2.25. The van der Waals surface area contributed by atoms with E-state index < -0.39 is 5.60 Å². The van der Waals surface area contributed by atoms with Crippen molar-refractivity contribution in [2.24, 2.45) is 0 Å². The van der Waals surface area contributed by atoms with Gasteiger partial charge in [0.1, 0.15) is 0 Å². The van der Waals surface area contributed by atoms with E-state index >= 15 is 0 Å². The Morgan fingerprint density at radius 1 is 1.14 bits per heavy atom. The number of aliphatic hydroxyl groups is 1. The summed E-state index contributed by atoms with van der Waals surface area (Å²) >= 11 is 1.57. The molecule has 3 nitrogen and oxygen atoms in total. The molecule has 1 unspecified atom stereocenters. The summed E-state index contributed by atoms with van der Waals surface area (Å²) < 4.78 is 0. The second kappa shape index (κ2) is 5.76. The lowest BCUT2D eigenvalue weighted by molar-refractivity contribution is 0.0572. The van der Waals surface area contributed by atoms with Gasteiger partial charge in [0, 0.05) is 35.3 Å². The molecule has 0 radical (unpaired) electrons. The SMILES string of the molecule is CC(O)(Cc1nc(-c2ccccc2)cs1)c1cccnc1. The van der Waals surface area contributed by atoms with E-state index in [-0.39, 0.29) is 0 Å². The molecule has 0 spiro atoms.